The van der Waals surface area contributed by atoms with Crippen molar-refractivity contribution in [1.82, 2.24) is 15.5 Å². The zero-order valence-corrected chi connectivity index (χ0v) is 9.84. The largest absolute Gasteiger partial charge is 0.348 e. The van der Waals surface area contributed by atoms with Crippen LogP contribution in [0.3, 0.4) is 0 Å². The van der Waals surface area contributed by atoms with Gasteiger partial charge >= 0.3 is 0 Å². The molecule has 1 N–H and O–H groups in total. The van der Waals surface area contributed by atoms with Crippen LogP contribution in [0, 0.1) is 5.92 Å². The second-order valence-electron chi connectivity index (χ2n) is 3.74. The lowest BCUT2D eigenvalue weighted by atomic mass is 10.2. The Kier molecular flexibility index (Phi) is 4.82. The van der Waals surface area contributed by atoms with Gasteiger partial charge in [0.1, 0.15) is 5.51 Å². The maximum Gasteiger partial charge on any atom is 0.207 e. The Morgan fingerprint density at radius 1 is 1.57 bits per heavy atom. The number of anilines is 1. The number of nitrogens with zero attached hydrogens (tertiary/aromatic N) is 3. The zero-order chi connectivity index (χ0) is 10.4. The van der Waals surface area contributed by atoms with Gasteiger partial charge in [0.2, 0.25) is 5.13 Å². The molecule has 0 aliphatic heterocycles. The Labute approximate surface area is 89.3 Å². The quantitative estimate of drug-likeness (QED) is 0.723. The fourth-order valence-corrected chi connectivity index (χ4v) is 1.62. The van der Waals surface area contributed by atoms with Crippen molar-refractivity contribution in [2.75, 3.05) is 31.6 Å². The Bertz CT molecular complexity index is 235. The first-order valence-electron chi connectivity index (χ1n) is 4.88. The summed E-state index contributed by atoms with van der Waals surface area (Å²) in [5.41, 5.74) is 1.76. The van der Waals surface area contributed by atoms with E-state index in [-0.39, 0.29) is 0 Å². The summed E-state index contributed by atoms with van der Waals surface area (Å²) < 4.78 is 0. The Morgan fingerprint density at radius 2 is 2.36 bits per heavy atom. The standard InChI is InChI=1S/C9H18N4S/c1-8(2)6-10-4-5-13(3)9-12-11-7-14-9/h7-8,10H,4-6H2,1-3H3. The summed E-state index contributed by atoms with van der Waals surface area (Å²) in [6, 6.07) is 0. The predicted octanol–water partition coefficient (Wildman–Crippen LogP) is 1.22. The van der Waals surface area contributed by atoms with Gasteiger partial charge in [0.25, 0.3) is 0 Å². The first-order valence-corrected chi connectivity index (χ1v) is 5.76. The van der Waals surface area contributed by atoms with Crippen LogP contribution in [0.5, 0.6) is 0 Å². The van der Waals surface area contributed by atoms with Crippen molar-refractivity contribution in [2.24, 2.45) is 5.92 Å². The number of likely N-dealkylation sites (N-methyl/N-ethyl adjacent to an activating group) is 1. The molecular weight excluding hydrogens is 196 g/mol. The Balaban J connectivity index is 2.13. The molecule has 1 aromatic rings. The summed E-state index contributed by atoms with van der Waals surface area (Å²) in [6.07, 6.45) is 0. The lowest BCUT2D eigenvalue weighted by molar-refractivity contribution is 0.554. The van der Waals surface area contributed by atoms with Gasteiger partial charge in [-0.3, -0.25) is 0 Å². The minimum atomic E-state index is 0.710. The molecule has 0 saturated heterocycles. The first kappa shape index (κ1) is 11.4. The lowest BCUT2D eigenvalue weighted by Crippen LogP contribution is -2.31. The van der Waals surface area contributed by atoms with Crippen LogP contribution in [0.15, 0.2) is 5.51 Å². The van der Waals surface area contributed by atoms with Crippen LogP contribution in [-0.2, 0) is 0 Å². The number of nitrogens with one attached hydrogen (secondary N) is 1. The molecule has 80 valence electrons. The molecule has 0 saturated carbocycles. The third-order valence-corrected chi connectivity index (χ3v) is 2.66. The molecule has 1 heterocycles. The molecule has 0 aliphatic rings. The molecule has 0 aliphatic carbocycles. The third-order valence-electron chi connectivity index (χ3n) is 1.85. The van der Waals surface area contributed by atoms with Crippen molar-refractivity contribution in [3.05, 3.63) is 5.51 Å². The first-order chi connectivity index (χ1) is 6.70. The van der Waals surface area contributed by atoms with Crippen LogP contribution in [-0.4, -0.2) is 36.9 Å². The van der Waals surface area contributed by atoms with Gasteiger partial charge in [0, 0.05) is 20.1 Å². The summed E-state index contributed by atoms with van der Waals surface area (Å²) in [7, 11) is 2.04. The lowest BCUT2D eigenvalue weighted by Gasteiger charge is -2.15. The van der Waals surface area contributed by atoms with Crippen LogP contribution in [0.1, 0.15) is 13.8 Å². The molecule has 0 unspecified atom stereocenters. The normalized spacial score (nSPS) is 10.9. The minimum Gasteiger partial charge on any atom is -0.348 e. The van der Waals surface area contributed by atoms with E-state index in [2.05, 4.69) is 34.3 Å². The van der Waals surface area contributed by atoms with Crippen LogP contribution in [0.2, 0.25) is 0 Å². The maximum absolute atomic E-state index is 4.00. The van der Waals surface area contributed by atoms with Crippen LogP contribution in [0.25, 0.3) is 0 Å². The number of hydrogen-bond acceptors (Lipinski definition) is 5. The molecule has 0 bridgehead atoms. The van der Waals surface area contributed by atoms with Crippen LogP contribution >= 0.6 is 11.3 Å². The van der Waals surface area contributed by atoms with Crippen molar-refractivity contribution in [3.8, 4) is 0 Å². The van der Waals surface area contributed by atoms with E-state index in [9.17, 15) is 0 Å². The monoisotopic (exact) mass is 214 g/mol. The molecular formula is C9H18N4S. The van der Waals surface area contributed by atoms with Gasteiger partial charge in [-0.2, -0.15) is 0 Å². The zero-order valence-electron chi connectivity index (χ0n) is 9.03. The second-order valence-corrected chi connectivity index (χ2v) is 4.55. The average Bonchev–Trinajstić information content (AvgIpc) is 2.64. The van der Waals surface area contributed by atoms with E-state index in [0.717, 1.165) is 24.8 Å². The molecule has 14 heavy (non-hydrogen) atoms. The highest BCUT2D eigenvalue weighted by Crippen LogP contribution is 2.12. The molecule has 0 fully saturated rings. The molecule has 0 atom stereocenters. The van der Waals surface area contributed by atoms with Crippen molar-refractivity contribution >= 4 is 16.5 Å². The molecule has 1 aromatic heterocycles. The summed E-state index contributed by atoms with van der Waals surface area (Å²) >= 11 is 1.57. The maximum atomic E-state index is 4.00. The van der Waals surface area contributed by atoms with E-state index in [4.69, 9.17) is 0 Å². The fraction of sp³-hybridized carbons (Fsp3) is 0.778. The summed E-state index contributed by atoms with van der Waals surface area (Å²) in [5, 5.41) is 12.2. The van der Waals surface area contributed by atoms with Gasteiger partial charge in [-0.05, 0) is 12.5 Å². The van der Waals surface area contributed by atoms with Gasteiger partial charge in [0.15, 0.2) is 0 Å². The Hall–Kier alpha value is -0.680. The molecule has 0 spiro atoms. The van der Waals surface area contributed by atoms with E-state index in [0.29, 0.717) is 5.92 Å². The van der Waals surface area contributed by atoms with Crippen molar-refractivity contribution < 1.29 is 0 Å². The van der Waals surface area contributed by atoms with Gasteiger partial charge in [-0.15, -0.1) is 10.2 Å². The van der Waals surface area contributed by atoms with Crippen LogP contribution in [0.4, 0.5) is 5.13 Å². The highest BCUT2D eigenvalue weighted by atomic mass is 32.1. The fourth-order valence-electron chi connectivity index (χ4n) is 1.07. The number of rotatable bonds is 6. The number of aromatic nitrogens is 2. The molecule has 0 radical (unpaired) electrons. The van der Waals surface area contributed by atoms with Crippen molar-refractivity contribution in [1.29, 1.82) is 0 Å². The predicted molar refractivity (Wildman–Crippen MR) is 60.9 cm³/mol. The van der Waals surface area contributed by atoms with Gasteiger partial charge in [-0.25, -0.2) is 0 Å². The summed E-state index contributed by atoms with van der Waals surface area (Å²) in [4.78, 5) is 2.12. The topological polar surface area (TPSA) is 41.0 Å². The highest BCUT2D eigenvalue weighted by molar-refractivity contribution is 7.13. The van der Waals surface area contributed by atoms with E-state index in [1.165, 1.54) is 0 Å². The number of hydrogen-bond donors (Lipinski definition) is 1. The molecule has 0 aromatic carbocycles. The summed E-state index contributed by atoms with van der Waals surface area (Å²) in [5.74, 6) is 0.710. The smallest absolute Gasteiger partial charge is 0.207 e. The van der Waals surface area contributed by atoms with Gasteiger partial charge in [-0.1, -0.05) is 25.2 Å². The molecule has 1 rings (SSSR count). The van der Waals surface area contributed by atoms with Crippen molar-refractivity contribution in [2.45, 2.75) is 13.8 Å². The van der Waals surface area contributed by atoms with E-state index in [1.807, 2.05) is 7.05 Å². The molecule has 5 heteroatoms. The summed E-state index contributed by atoms with van der Waals surface area (Å²) in [6.45, 7) is 7.46. The van der Waals surface area contributed by atoms with Crippen molar-refractivity contribution in [3.63, 3.8) is 0 Å². The van der Waals surface area contributed by atoms with Gasteiger partial charge < -0.3 is 10.2 Å². The molecule has 0 amide bonds. The van der Waals surface area contributed by atoms with Crippen LogP contribution < -0.4 is 10.2 Å². The van der Waals surface area contributed by atoms with Gasteiger partial charge in [0.05, 0.1) is 0 Å². The highest BCUT2D eigenvalue weighted by Gasteiger charge is 2.02. The van der Waals surface area contributed by atoms with E-state index < -0.39 is 0 Å². The van der Waals surface area contributed by atoms with E-state index >= 15 is 0 Å². The molecule has 4 nitrogen and oxygen atoms in total. The average molecular weight is 214 g/mol. The third kappa shape index (κ3) is 4.02. The SMILES string of the molecule is CC(C)CNCCN(C)c1nncs1. The minimum absolute atomic E-state index is 0.710. The van der Waals surface area contributed by atoms with E-state index in [1.54, 1.807) is 16.8 Å². The second kappa shape index (κ2) is 5.93. The Morgan fingerprint density at radius 3 is 2.93 bits per heavy atom.